The Morgan fingerprint density at radius 3 is 2.92 bits per heavy atom. The summed E-state index contributed by atoms with van der Waals surface area (Å²) in [5, 5.41) is 0. The number of hydrogen-bond acceptors (Lipinski definition) is 3. The normalized spacial score (nSPS) is 17.8. The first-order valence-electron chi connectivity index (χ1n) is 3.92. The van der Waals surface area contributed by atoms with E-state index < -0.39 is 0 Å². The van der Waals surface area contributed by atoms with Crippen molar-refractivity contribution < 1.29 is 4.18 Å². The Bertz CT molecular complexity index is 234. The van der Waals surface area contributed by atoms with Gasteiger partial charge in [0.15, 0.2) is 0 Å². The van der Waals surface area contributed by atoms with Gasteiger partial charge in [-0.2, -0.15) is 0 Å². The van der Waals surface area contributed by atoms with Crippen molar-refractivity contribution in [2.24, 2.45) is 0 Å². The summed E-state index contributed by atoms with van der Waals surface area (Å²) in [6, 6.07) is 11.0. The molecule has 1 heterocycles. The van der Waals surface area contributed by atoms with E-state index in [1.54, 1.807) is 0 Å². The van der Waals surface area contributed by atoms with Crippen molar-refractivity contribution in [2.75, 3.05) is 23.9 Å². The third-order valence-corrected chi connectivity index (χ3v) is 2.55. The van der Waals surface area contributed by atoms with Crippen molar-refractivity contribution in [3.05, 3.63) is 30.3 Å². The Balaban J connectivity index is 2.08. The van der Waals surface area contributed by atoms with Crippen LogP contribution in [0.5, 0.6) is 0 Å². The first kappa shape index (κ1) is 7.95. The summed E-state index contributed by atoms with van der Waals surface area (Å²) in [5.74, 6) is 0.921. The van der Waals surface area contributed by atoms with Crippen molar-refractivity contribution in [2.45, 2.75) is 0 Å². The van der Waals surface area contributed by atoms with Gasteiger partial charge >= 0.3 is 0 Å². The van der Waals surface area contributed by atoms with E-state index in [1.807, 2.05) is 12.1 Å². The van der Waals surface area contributed by atoms with E-state index in [0.717, 1.165) is 19.0 Å². The predicted octanol–water partition coefficient (Wildman–Crippen LogP) is 1.93. The lowest BCUT2D eigenvalue weighted by molar-refractivity contribution is 0.367. The molecule has 2 rings (SSSR count). The van der Waals surface area contributed by atoms with Crippen LogP contribution < -0.4 is 4.90 Å². The molecule has 0 amide bonds. The fraction of sp³-hybridized carbons (Fsp3) is 0.333. The molecule has 1 aromatic carbocycles. The topological polar surface area (TPSA) is 12.5 Å². The Labute approximate surface area is 76.7 Å². The molecule has 0 bridgehead atoms. The summed E-state index contributed by atoms with van der Waals surface area (Å²) in [4.78, 5) is 2.29. The smallest absolute Gasteiger partial charge is 0.0902 e. The van der Waals surface area contributed by atoms with E-state index in [4.69, 9.17) is 4.18 Å². The van der Waals surface area contributed by atoms with Gasteiger partial charge in [0, 0.05) is 24.3 Å². The summed E-state index contributed by atoms with van der Waals surface area (Å²) in [7, 11) is 0. The van der Waals surface area contributed by atoms with Crippen LogP contribution in [0.1, 0.15) is 0 Å². The third-order valence-electron chi connectivity index (χ3n) is 1.80. The van der Waals surface area contributed by atoms with Crippen LogP contribution >= 0.6 is 12.0 Å². The van der Waals surface area contributed by atoms with E-state index in [9.17, 15) is 0 Å². The molecule has 0 unspecified atom stereocenters. The second-order valence-electron chi connectivity index (χ2n) is 2.59. The zero-order valence-corrected chi connectivity index (χ0v) is 7.51. The largest absolute Gasteiger partial charge is 0.358 e. The maximum atomic E-state index is 5.19. The average molecular weight is 180 g/mol. The molecular formula is C9H10NOS. The highest BCUT2D eigenvalue weighted by atomic mass is 32.2. The van der Waals surface area contributed by atoms with Gasteiger partial charge in [-0.15, -0.1) is 0 Å². The molecule has 0 atom stereocenters. The molecule has 0 N–H and O–H groups in total. The maximum Gasteiger partial charge on any atom is 0.0902 e. The number of anilines is 1. The second kappa shape index (κ2) is 3.83. The molecule has 1 radical (unpaired) electrons. The maximum absolute atomic E-state index is 5.19. The van der Waals surface area contributed by atoms with E-state index in [0.29, 0.717) is 0 Å². The first-order valence-corrected chi connectivity index (χ1v) is 4.83. The molecule has 0 aromatic heterocycles. The van der Waals surface area contributed by atoms with Crippen LogP contribution in [-0.2, 0) is 4.18 Å². The van der Waals surface area contributed by atoms with Crippen molar-refractivity contribution >= 4 is 17.7 Å². The van der Waals surface area contributed by atoms with Gasteiger partial charge < -0.3 is 9.08 Å². The first-order chi connectivity index (χ1) is 5.97. The molecule has 0 aliphatic carbocycles. The minimum atomic E-state index is 0.809. The van der Waals surface area contributed by atoms with Crippen LogP contribution in [0.15, 0.2) is 24.3 Å². The summed E-state index contributed by atoms with van der Waals surface area (Å²) >= 11 is 1.51. The van der Waals surface area contributed by atoms with Crippen LogP contribution in [0.2, 0.25) is 0 Å². The Kier molecular flexibility index (Phi) is 2.54. The molecule has 0 saturated carbocycles. The molecule has 1 aliphatic rings. The van der Waals surface area contributed by atoms with E-state index in [1.165, 1.54) is 17.7 Å². The molecule has 2 nitrogen and oxygen atoms in total. The van der Waals surface area contributed by atoms with Crippen molar-refractivity contribution in [3.63, 3.8) is 0 Å². The monoisotopic (exact) mass is 180 g/mol. The highest BCUT2D eigenvalue weighted by Crippen LogP contribution is 2.19. The molecule has 1 saturated heterocycles. The molecule has 0 spiro atoms. The minimum absolute atomic E-state index is 0.809. The fourth-order valence-electron chi connectivity index (χ4n) is 1.16. The molecule has 12 heavy (non-hydrogen) atoms. The highest BCUT2D eigenvalue weighted by Gasteiger charge is 2.10. The number of benzene rings is 1. The summed E-state index contributed by atoms with van der Waals surface area (Å²) in [6.45, 7) is 1.79. The van der Waals surface area contributed by atoms with Gasteiger partial charge in [0.1, 0.15) is 0 Å². The Hall–Kier alpha value is -0.670. The van der Waals surface area contributed by atoms with Crippen LogP contribution in [0.4, 0.5) is 5.69 Å². The van der Waals surface area contributed by atoms with Gasteiger partial charge in [0.05, 0.1) is 12.5 Å². The summed E-state index contributed by atoms with van der Waals surface area (Å²) < 4.78 is 5.19. The van der Waals surface area contributed by atoms with E-state index in [-0.39, 0.29) is 0 Å². The second-order valence-corrected chi connectivity index (χ2v) is 3.32. The number of rotatable bonds is 1. The van der Waals surface area contributed by atoms with Gasteiger partial charge in [-0.05, 0) is 18.2 Å². The summed E-state index contributed by atoms with van der Waals surface area (Å²) in [6.07, 6.45) is 0. The zero-order chi connectivity index (χ0) is 8.23. The van der Waals surface area contributed by atoms with E-state index >= 15 is 0 Å². The molecular weight excluding hydrogens is 170 g/mol. The third kappa shape index (κ3) is 1.73. The predicted molar refractivity (Wildman–Crippen MR) is 51.0 cm³/mol. The van der Waals surface area contributed by atoms with Crippen LogP contribution in [-0.4, -0.2) is 19.0 Å². The van der Waals surface area contributed by atoms with Gasteiger partial charge in [-0.1, -0.05) is 12.1 Å². The Morgan fingerprint density at radius 1 is 1.42 bits per heavy atom. The molecule has 1 aromatic rings. The van der Waals surface area contributed by atoms with E-state index in [2.05, 4.69) is 23.1 Å². The lowest BCUT2D eigenvalue weighted by Crippen LogP contribution is -2.30. The minimum Gasteiger partial charge on any atom is -0.358 e. The molecule has 63 valence electrons. The summed E-state index contributed by atoms with van der Waals surface area (Å²) in [5.41, 5.74) is 1.25. The quantitative estimate of drug-likeness (QED) is 0.613. The SMILES string of the molecule is [c]1ccc(N2CCOSC2)cc1. The standard InChI is InChI=1S/C9H10NOS/c1-2-4-9(5-3-1)10-6-7-11-12-8-10/h2-5H,6-8H2. The molecule has 1 fully saturated rings. The van der Waals surface area contributed by atoms with Gasteiger partial charge in [-0.25, -0.2) is 0 Å². The van der Waals surface area contributed by atoms with Crippen LogP contribution in [0, 0.1) is 6.07 Å². The van der Waals surface area contributed by atoms with Crippen LogP contribution in [0.25, 0.3) is 0 Å². The fourth-order valence-corrected chi connectivity index (χ4v) is 1.84. The number of nitrogens with zero attached hydrogens (tertiary/aromatic N) is 1. The Morgan fingerprint density at radius 2 is 2.25 bits per heavy atom. The lowest BCUT2D eigenvalue weighted by atomic mass is 10.3. The lowest BCUT2D eigenvalue weighted by Gasteiger charge is -2.27. The number of hydrogen-bond donors (Lipinski definition) is 0. The molecule has 3 heteroatoms. The van der Waals surface area contributed by atoms with Crippen LogP contribution in [0.3, 0.4) is 0 Å². The average Bonchev–Trinajstić information content (AvgIpc) is 2.21. The molecule has 1 aliphatic heterocycles. The van der Waals surface area contributed by atoms with Crippen molar-refractivity contribution in [1.29, 1.82) is 0 Å². The highest BCUT2D eigenvalue weighted by molar-refractivity contribution is 7.94. The van der Waals surface area contributed by atoms with Gasteiger partial charge in [0.25, 0.3) is 0 Å². The van der Waals surface area contributed by atoms with Crippen molar-refractivity contribution in [3.8, 4) is 0 Å². The van der Waals surface area contributed by atoms with Gasteiger partial charge in [0.2, 0.25) is 0 Å². The van der Waals surface area contributed by atoms with Gasteiger partial charge in [-0.3, -0.25) is 0 Å². The van der Waals surface area contributed by atoms with Crippen molar-refractivity contribution in [1.82, 2.24) is 0 Å². The zero-order valence-electron chi connectivity index (χ0n) is 6.69.